The Labute approximate surface area is 105 Å². The molecular formula is C12H16N2O4. The van der Waals surface area contributed by atoms with Gasteiger partial charge in [-0.15, -0.1) is 0 Å². The number of rotatable bonds is 6. The van der Waals surface area contributed by atoms with Gasteiger partial charge in [-0.1, -0.05) is 6.07 Å². The summed E-state index contributed by atoms with van der Waals surface area (Å²) >= 11 is 0. The second-order valence-electron chi connectivity index (χ2n) is 3.92. The summed E-state index contributed by atoms with van der Waals surface area (Å²) in [5.41, 5.74) is 0.689. The van der Waals surface area contributed by atoms with E-state index >= 15 is 0 Å². The highest BCUT2D eigenvalue weighted by molar-refractivity contribution is 5.72. The zero-order chi connectivity index (χ0) is 13.5. The molecule has 6 nitrogen and oxygen atoms in total. The molecule has 0 aliphatic heterocycles. The second kappa shape index (κ2) is 6.83. The van der Waals surface area contributed by atoms with Crippen molar-refractivity contribution in [2.75, 3.05) is 6.54 Å². The van der Waals surface area contributed by atoms with E-state index in [1.165, 1.54) is 25.3 Å². The van der Waals surface area contributed by atoms with Crippen molar-refractivity contribution in [3.05, 3.63) is 29.6 Å². The van der Waals surface area contributed by atoms with Gasteiger partial charge in [0, 0.05) is 25.2 Å². The molecule has 0 aliphatic rings. The van der Waals surface area contributed by atoms with Crippen LogP contribution < -0.4 is 5.32 Å². The Kier molecular flexibility index (Phi) is 5.41. The number of aliphatic hydroxyl groups excluding tert-OH is 2. The van der Waals surface area contributed by atoms with Gasteiger partial charge < -0.3 is 15.5 Å². The summed E-state index contributed by atoms with van der Waals surface area (Å²) in [7, 11) is 0. The zero-order valence-corrected chi connectivity index (χ0v) is 10.0. The maximum Gasteiger partial charge on any atom is 0.216 e. The third-order valence-corrected chi connectivity index (χ3v) is 2.45. The van der Waals surface area contributed by atoms with Gasteiger partial charge in [-0.05, 0) is 12.5 Å². The molecule has 0 bridgehead atoms. The molecule has 0 spiro atoms. The Balaban J connectivity index is 2.53. The quantitative estimate of drug-likeness (QED) is 0.610. The molecule has 0 aromatic carbocycles. The minimum atomic E-state index is -1.09. The van der Waals surface area contributed by atoms with Gasteiger partial charge in [-0.2, -0.15) is 0 Å². The lowest BCUT2D eigenvalue weighted by Crippen LogP contribution is -2.27. The number of aliphatic hydroxyl groups is 2. The third-order valence-electron chi connectivity index (χ3n) is 2.45. The lowest BCUT2D eigenvalue weighted by Gasteiger charge is -2.17. The molecule has 1 amide bonds. The van der Waals surface area contributed by atoms with Crippen molar-refractivity contribution in [1.82, 2.24) is 10.3 Å². The van der Waals surface area contributed by atoms with E-state index in [1.807, 2.05) is 0 Å². The number of carbonyl (C=O) groups is 2. The topological polar surface area (TPSA) is 99.5 Å². The van der Waals surface area contributed by atoms with Crippen molar-refractivity contribution in [2.45, 2.75) is 25.6 Å². The molecule has 2 atom stereocenters. The smallest absolute Gasteiger partial charge is 0.216 e. The van der Waals surface area contributed by atoms with Crippen molar-refractivity contribution in [1.29, 1.82) is 0 Å². The van der Waals surface area contributed by atoms with Gasteiger partial charge in [0.25, 0.3) is 0 Å². The number of hydrogen-bond acceptors (Lipinski definition) is 5. The van der Waals surface area contributed by atoms with Crippen LogP contribution in [0.2, 0.25) is 0 Å². The Morgan fingerprint density at radius 3 is 2.72 bits per heavy atom. The summed E-state index contributed by atoms with van der Waals surface area (Å²) in [5.74, 6) is -0.186. The molecule has 3 N–H and O–H groups in total. The number of hydrogen-bond donors (Lipinski definition) is 3. The maximum atomic E-state index is 10.6. The van der Waals surface area contributed by atoms with Crippen LogP contribution in [0, 0.1) is 0 Å². The van der Waals surface area contributed by atoms with Crippen LogP contribution in [0.3, 0.4) is 0 Å². The molecule has 2 unspecified atom stereocenters. The highest BCUT2D eigenvalue weighted by atomic mass is 16.3. The second-order valence-corrected chi connectivity index (χ2v) is 3.92. The van der Waals surface area contributed by atoms with Crippen LogP contribution in [0.4, 0.5) is 0 Å². The van der Waals surface area contributed by atoms with Crippen LogP contribution in [-0.2, 0) is 4.79 Å². The summed E-state index contributed by atoms with van der Waals surface area (Å²) in [4.78, 5) is 24.8. The van der Waals surface area contributed by atoms with E-state index in [0.29, 0.717) is 11.8 Å². The lowest BCUT2D eigenvalue weighted by atomic mass is 10.0. The molecule has 6 heteroatoms. The van der Waals surface area contributed by atoms with Crippen LogP contribution in [0.25, 0.3) is 0 Å². The van der Waals surface area contributed by atoms with Gasteiger partial charge in [-0.25, -0.2) is 0 Å². The maximum absolute atomic E-state index is 10.6. The number of pyridine rings is 1. The summed E-state index contributed by atoms with van der Waals surface area (Å²) in [6.07, 6.45) is 0.0861. The van der Waals surface area contributed by atoms with E-state index in [9.17, 15) is 19.8 Å². The van der Waals surface area contributed by atoms with Gasteiger partial charge in [0.2, 0.25) is 5.91 Å². The van der Waals surface area contributed by atoms with E-state index in [0.717, 1.165) is 0 Å². The number of aromatic nitrogens is 1. The van der Waals surface area contributed by atoms with Crippen molar-refractivity contribution in [3.8, 4) is 0 Å². The SMILES string of the molecule is CC(=O)NCCC(O)C(O)c1ccc(C=O)nc1. The average Bonchev–Trinajstić information content (AvgIpc) is 2.37. The minimum Gasteiger partial charge on any atom is -0.390 e. The van der Waals surface area contributed by atoms with Gasteiger partial charge in [-0.3, -0.25) is 14.6 Å². The molecular weight excluding hydrogens is 236 g/mol. The van der Waals surface area contributed by atoms with E-state index in [1.54, 1.807) is 0 Å². The Hall–Kier alpha value is -1.79. The molecule has 0 aliphatic carbocycles. The fraction of sp³-hybridized carbons (Fsp3) is 0.417. The summed E-state index contributed by atoms with van der Waals surface area (Å²) in [5, 5.41) is 22.1. The molecule has 0 radical (unpaired) electrons. The first kappa shape index (κ1) is 14.3. The standard InChI is InChI=1S/C12H16N2O4/c1-8(16)13-5-4-11(17)12(18)9-2-3-10(7-15)14-6-9/h2-3,6-7,11-12,17-18H,4-5H2,1H3,(H,13,16). The van der Waals surface area contributed by atoms with Crippen LogP contribution in [0.1, 0.15) is 35.5 Å². The van der Waals surface area contributed by atoms with Crippen LogP contribution in [-0.4, -0.2) is 40.0 Å². The van der Waals surface area contributed by atoms with E-state index in [4.69, 9.17) is 0 Å². The molecule has 1 rings (SSSR count). The predicted molar refractivity (Wildman–Crippen MR) is 63.9 cm³/mol. The highest BCUT2D eigenvalue weighted by Gasteiger charge is 2.18. The lowest BCUT2D eigenvalue weighted by molar-refractivity contribution is -0.119. The van der Waals surface area contributed by atoms with Crippen molar-refractivity contribution in [2.24, 2.45) is 0 Å². The molecule has 0 saturated carbocycles. The van der Waals surface area contributed by atoms with Crippen LogP contribution in [0.5, 0.6) is 0 Å². The predicted octanol–water partition coefficient (Wildman–Crippen LogP) is -0.185. The number of aldehydes is 1. The first-order chi connectivity index (χ1) is 8.54. The number of nitrogens with zero attached hydrogens (tertiary/aromatic N) is 1. The summed E-state index contributed by atoms with van der Waals surface area (Å²) in [6, 6.07) is 3.00. The Morgan fingerprint density at radius 1 is 1.50 bits per heavy atom. The Bertz CT molecular complexity index is 405. The molecule has 1 heterocycles. The van der Waals surface area contributed by atoms with Crippen LogP contribution >= 0.6 is 0 Å². The number of amides is 1. The monoisotopic (exact) mass is 252 g/mol. The minimum absolute atomic E-state index is 0.186. The fourth-order valence-corrected chi connectivity index (χ4v) is 1.44. The van der Waals surface area contributed by atoms with Gasteiger partial charge in [0.15, 0.2) is 6.29 Å². The number of carbonyl (C=O) groups excluding carboxylic acids is 2. The number of nitrogens with one attached hydrogen (secondary N) is 1. The fourth-order valence-electron chi connectivity index (χ4n) is 1.44. The first-order valence-electron chi connectivity index (χ1n) is 5.56. The molecule has 0 saturated heterocycles. The van der Waals surface area contributed by atoms with Gasteiger partial charge >= 0.3 is 0 Å². The first-order valence-corrected chi connectivity index (χ1v) is 5.56. The summed E-state index contributed by atoms with van der Waals surface area (Å²) < 4.78 is 0. The molecule has 0 fully saturated rings. The average molecular weight is 252 g/mol. The van der Waals surface area contributed by atoms with Gasteiger partial charge in [0.05, 0.1) is 6.10 Å². The van der Waals surface area contributed by atoms with E-state index < -0.39 is 12.2 Å². The third kappa shape index (κ3) is 4.23. The largest absolute Gasteiger partial charge is 0.390 e. The molecule has 1 aromatic rings. The van der Waals surface area contributed by atoms with Crippen molar-refractivity contribution in [3.63, 3.8) is 0 Å². The summed E-state index contributed by atoms with van der Waals surface area (Å²) in [6.45, 7) is 1.66. The molecule has 98 valence electrons. The Morgan fingerprint density at radius 2 is 2.22 bits per heavy atom. The van der Waals surface area contributed by atoms with E-state index in [2.05, 4.69) is 10.3 Å². The molecule has 1 aromatic heterocycles. The highest BCUT2D eigenvalue weighted by Crippen LogP contribution is 2.17. The normalized spacial score (nSPS) is 13.7. The zero-order valence-electron chi connectivity index (χ0n) is 10.0. The van der Waals surface area contributed by atoms with Crippen molar-refractivity contribution < 1.29 is 19.8 Å². The van der Waals surface area contributed by atoms with E-state index in [-0.39, 0.29) is 24.6 Å². The van der Waals surface area contributed by atoms with Crippen LogP contribution in [0.15, 0.2) is 18.3 Å². The van der Waals surface area contributed by atoms with Gasteiger partial charge in [0.1, 0.15) is 11.8 Å². The molecule has 18 heavy (non-hydrogen) atoms. The van der Waals surface area contributed by atoms with Crippen molar-refractivity contribution >= 4 is 12.2 Å².